The van der Waals surface area contributed by atoms with Gasteiger partial charge in [0, 0.05) is 5.69 Å². The molecule has 0 aliphatic carbocycles. The van der Waals surface area contributed by atoms with Crippen LogP contribution in [0.25, 0.3) is 22.4 Å². The van der Waals surface area contributed by atoms with E-state index in [1.165, 1.54) is 6.33 Å². The van der Waals surface area contributed by atoms with Crippen LogP contribution in [0.1, 0.15) is 16.1 Å². The molecule has 0 saturated heterocycles. The second-order valence-electron chi connectivity index (χ2n) is 5.72. The SMILES string of the molecule is Cc1nc(-c2ccco2)ccc1C(=O)Nc1ccc2nc[nH]c(=O)c2c1. The molecule has 1 aromatic carbocycles. The number of rotatable bonds is 3. The van der Waals surface area contributed by atoms with Crippen molar-refractivity contribution in [1.82, 2.24) is 15.0 Å². The molecular formula is C19H14N4O3. The molecule has 4 aromatic rings. The summed E-state index contributed by atoms with van der Waals surface area (Å²) in [4.78, 5) is 35.5. The summed E-state index contributed by atoms with van der Waals surface area (Å²) >= 11 is 0. The number of nitrogens with one attached hydrogen (secondary N) is 2. The maximum absolute atomic E-state index is 12.6. The molecule has 0 atom stereocenters. The lowest BCUT2D eigenvalue weighted by molar-refractivity contribution is 0.102. The van der Waals surface area contributed by atoms with Crippen molar-refractivity contribution in [2.45, 2.75) is 6.92 Å². The number of hydrogen-bond acceptors (Lipinski definition) is 5. The van der Waals surface area contributed by atoms with E-state index in [-0.39, 0.29) is 11.5 Å². The average molecular weight is 346 g/mol. The molecule has 2 N–H and O–H groups in total. The van der Waals surface area contributed by atoms with E-state index in [1.807, 2.05) is 6.07 Å². The second kappa shape index (κ2) is 6.29. The number of benzene rings is 1. The smallest absolute Gasteiger partial charge is 0.258 e. The molecule has 0 saturated carbocycles. The fourth-order valence-electron chi connectivity index (χ4n) is 2.71. The van der Waals surface area contributed by atoms with Gasteiger partial charge < -0.3 is 14.7 Å². The zero-order valence-corrected chi connectivity index (χ0v) is 13.8. The zero-order valence-electron chi connectivity index (χ0n) is 13.8. The first-order chi connectivity index (χ1) is 12.6. The Morgan fingerprint density at radius 2 is 2.08 bits per heavy atom. The van der Waals surface area contributed by atoms with Crippen molar-refractivity contribution >= 4 is 22.5 Å². The minimum absolute atomic E-state index is 0.258. The van der Waals surface area contributed by atoms with E-state index in [1.54, 1.807) is 49.6 Å². The lowest BCUT2D eigenvalue weighted by Crippen LogP contribution is -2.15. The van der Waals surface area contributed by atoms with Gasteiger partial charge in [0.05, 0.1) is 34.8 Å². The second-order valence-corrected chi connectivity index (χ2v) is 5.72. The minimum Gasteiger partial charge on any atom is -0.463 e. The number of furan rings is 1. The van der Waals surface area contributed by atoms with E-state index < -0.39 is 0 Å². The highest BCUT2D eigenvalue weighted by Crippen LogP contribution is 2.20. The first kappa shape index (κ1) is 15.8. The van der Waals surface area contributed by atoms with Crippen LogP contribution < -0.4 is 10.9 Å². The van der Waals surface area contributed by atoms with Gasteiger partial charge in [-0.2, -0.15) is 0 Å². The highest BCUT2D eigenvalue weighted by molar-refractivity contribution is 6.05. The highest BCUT2D eigenvalue weighted by Gasteiger charge is 2.13. The first-order valence-corrected chi connectivity index (χ1v) is 7.92. The molecule has 3 aromatic heterocycles. The molecule has 0 radical (unpaired) electrons. The van der Waals surface area contributed by atoms with Crippen molar-refractivity contribution in [2.24, 2.45) is 0 Å². The number of hydrogen-bond donors (Lipinski definition) is 2. The number of H-pyrrole nitrogens is 1. The van der Waals surface area contributed by atoms with Crippen molar-refractivity contribution < 1.29 is 9.21 Å². The molecule has 0 fully saturated rings. The van der Waals surface area contributed by atoms with Crippen molar-refractivity contribution in [1.29, 1.82) is 0 Å². The topological polar surface area (TPSA) is 101 Å². The van der Waals surface area contributed by atoms with Gasteiger partial charge in [-0.3, -0.25) is 9.59 Å². The number of aryl methyl sites for hydroxylation is 1. The lowest BCUT2D eigenvalue weighted by atomic mass is 10.1. The number of aromatic nitrogens is 3. The van der Waals surface area contributed by atoms with Crippen molar-refractivity contribution in [3.05, 3.63) is 76.7 Å². The van der Waals surface area contributed by atoms with E-state index in [0.29, 0.717) is 39.3 Å². The number of pyridine rings is 1. The van der Waals surface area contributed by atoms with Gasteiger partial charge in [-0.1, -0.05) is 0 Å². The number of amides is 1. The number of fused-ring (bicyclic) bond motifs is 1. The van der Waals surface area contributed by atoms with E-state index in [2.05, 4.69) is 20.3 Å². The summed E-state index contributed by atoms with van der Waals surface area (Å²) in [7, 11) is 0. The first-order valence-electron chi connectivity index (χ1n) is 7.92. The Kier molecular flexibility index (Phi) is 3.81. The Hall–Kier alpha value is -3.74. The number of carbonyl (C=O) groups is 1. The predicted octanol–water partition coefficient (Wildman–Crippen LogP) is 3.14. The van der Waals surface area contributed by atoms with Crippen LogP contribution in [0.4, 0.5) is 5.69 Å². The van der Waals surface area contributed by atoms with Gasteiger partial charge in [0.15, 0.2) is 5.76 Å². The summed E-state index contributed by atoms with van der Waals surface area (Å²) in [6.45, 7) is 1.76. The van der Waals surface area contributed by atoms with E-state index >= 15 is 0 Å². The third-order valence-corrected chi connectivity index (χ3v) is 4.00. The van der Waals surface area contributed by atoms with Crippen LogP contribution in [0.2, 0.25) is 0 Å². The largest absolute Gasteiger partial charge is 0.463 e. The maximum Gasteiger partial charge on any atom is 0.258 e. The Balaban J connectivity index is 1.62. The highest BCUT2D eigenvalue weighted by atomic mass is 16.3. The Labute approximate surface area is 147 Å². The maximum atomic E-state index is 12.6. The average Bonchev–Trinajstić information content (AvgIpc) is 3.17. The van der Waals surface area contributed by atoms with Crippen molar-refractivity contribution in [3.63, 3.8) is 0 Å². The summed E-state index contributed by atoms with van der Waals surface area (Å²) in [5.41, 5.74) is 2.50. The van der Waals surface area contributed by atoms with Crippen LogP contribution in [0.15, 0.2) is 64.3 Å². The molecular weight excluding hydrogens is 332 g/mol. The summed E-state index contributed by atoms with van der Waals surface area (Å²) in [5.74, 6) is 0.335. The molecule has 0 spiro atoms. The van der Waals surface area contributed by atoms with E-state index in [0.717, 1.165) is 0 Å². The molecule has 7 heteroatoms. The van der Waals surface area contributed by atoms with Crippen LogP contribution in [0.3, 0.4) is 0 Å². The Morgan fingerprint density at radius 1 is 1.19 bits per heavy atom. The summed E-state index contributed by atoms with van der Waals surface area (Å²) < 4.78 is 5.32. The lowest BCUT2D eigenvalue weighted by Gasteiger charge is -2.09. The number of nitrogens with zero attached hydrogens (tertiary/aromatic N) is 2. The van der Waals surface area contributed by atoms with Gasteiger partial charge in [0.25, 0.3) is 11.5 Å². The van der Waals surface area contributed by atoms with Crippen molar-refractivity contribution in [3.8, 4) is 11.5 Å². The van der Waals surface area contributed by atoms with Crippen LogP contribution in [0, 0.1) is 6.92 Å². The normalized spacial score (nSPS) is 10.8. The molecule has 0 aliphatic rings. The molecule has 0 unspecified atom stereocenters. The van der Waals surface area contributed by atoms with Gasteiger partial charge in [0.1, 0.15) is 5.69 Å². The predicted molar refractivity (Wildman–Crippen MR) is 97.0 cm³/mol. The third kappa shape index (κ3) is 2.86. The van der Waals surface area contributed by atoms with Crippen LogP contribution >= 0.6 is 0 Å². The minimum atomic E-state index is -0.305. The van der Waals surface area contributed by atoms with Gasteiger partial charge in [-0.05, 0) is 49.4 Å². The van der Waals surface area contributed by atoms with Crippen molar-refractivity contribution in [2.75, 3.05) is 5.32 Å². The van der Waals surface area contributed by atoms with Gasteiger partial charge in [-0.25, -0.2) is 9.97 Å². The van der Waals surface area contributed by atoms with Crippen LogP contribution in [-0.2, 0) is 0 Å². The van der Waals surface area contributed by atoms with Crippen LogP contribution in [-0.4, -0.2) is 20.9 Å². The monoisotopic (exact) mass is 346 g/mol. The van der Waals surface area contributed by atoms with E-state index in [4.69, 9.17) is 4.42 Å². The Bertz CT molecular complexity index is 1160. The standard InChI is InChI=1S/C19H14N4O3/c1-11-13(5-7-16(22-11)17-3-2-8-26-17)19(25)23-12-4-6-15-14(9-12)18(24)21-10-20-15/h2-10H,1H3,(H,23,25)(H,20,21,24). The molecule has 26 heavy (non-hydrogen) atoms. The Morgan fingerprint density at radius 3 is 2.85 bits per heavy atom. The number of aromatic amines is 1. The fraction of sp³-hybridized carbons (Fsp3) is 0.0526. The van der Waals surface area contributed by atoms with Gasteiger partial charge in [0.2, 0.25) is 0 Å². The number of carbonyl (C=O) groups excluding carboxylic acids is 1. The zero-order chi connectivity index (χ0) is 18.1. The molecule has 3 heterocycles. The summed E-state index contributed by atoms with van der Waals surface area (Å²) in [6, 6.07) is 12.0. The molecule has 7 nitrogen and oxygen atoms in total. The molecule has 0 bridgehead atoms. The fourth-order valence-corrected chi connectivity index (χ4v) is 2.71. The van der Waals surface area contributed by atoms with Gasteiger partial charge in [-0.15, -0.1) is 0 Å². The third-order valence-electron chi connectivity index (χ3n) is 4.00. The summed E-state index contributed by atoms with van der Waals surface area (Å²) in [6.07, 6.45) is 2.92. The molecule has 4 rings (SSSR count). The van der Waals surface area contributed by atoms with Crippen LogP contribution in [0.5, 0.6) is 0 Å². The molecule has 1 amide bonds. The van der Waals surface area contributed by atoms with Gasteiger partial charge >= 0.3 is 0 Å². The van der Waals surface area contributed by atoms with E-state index in [9.17, 15) is 9.59 Å². The quantitative estimate of drug-likeness (QED) is 0.593. The molecule has 0 aliphatic heterocycles. The summed E-state index contributed by atoms with van der Waals surface area (Å²) in [5, 5.41) is 3.20. The molecule has 128 valence electrons. The number of anilines is 1.